The van der Waals surface area contributed by atoms with Gasteiger partial charge in [0.1, 0.15) is 0 Å². The SMILES string of the molecule is NC[C@H]1CCCN1Cc1cnccn1. The molecule has 1 saturated heterocycles. The molecular formula is C10H16N4. The zero-order valence-electron chi connectivity index (χ0n) is 8.26. The molecule has 1 atom stereocenters. The van der Waals surface area contributed by atoms with Gasteiger partial charge in [-0.05, 0) is 19.4 Å². The Morgan fingerprint density at radius 1 is 1.50 bits per heavy atom. The van der Waals surface area contributed by atoms with Crippen LogP contribution in [0.15, 0.2) is 18.6 Å². The van der Waals surface area contributed by atoms with Gasteiger partial charge >= 0.3 is 0 Å². The van der Waals surface area contributed by atoms with Gasteiger partial charge in [0.25, 0.3) is 0 Å². The first-order valence-electron chi connectivity index (χ1n) is 5.09. The molecule has 1 aromatic heterocycles. The first-order chi connectivity index (χ1) is 6.90. The molecule has 4 nitrogen and oxygen atoms in total. The Morgan fingerprint density at radius 3 is 3.14 bits per heavy atom. The molecule has 0 saturated carbocycles. The standard InChI is InChI=1S/C10H16N4/c11-6-10-2-1-5-14(10)8-9-7-12-3-4-13-9/h3-4,7,10H,1-2,5-6,8,11H2/t10-/m1/s1. The first-order valence-corrected chi connectivity index (χ1v) is 5.09. The van der Waals surface area contributed by atoms with Crippen LogP contribution in [-0.2, 0) is 6.54 Å². The topological polar surface area (TPSA) is 55.0 Å². The predicted molar refractivity (Wildman–Crippen MR) is 54.5 cm³/mol. The Bertz CT molecular complexity index is 275. The van der Waals surface area contributed by atoms with Crippen molar-refractivity contribution >= 4 is 0 Å². The first kappa shape index (κ1) is 9.55. The maximum absolute atomic E-state index is 5.70. The molecule has 4 heteroatoms. The van der Waals surface area contributed by atoms with Crippen LogP contribution in [0.25, 0.3) is 0 Å². The summed E-state index contributed by atoms with van der Waals surface area (Å²) >= 11 is 0. The van der Waals surface area contributed by atoms with E-state index in [1.807, 2.05) is 6.20 Å². The summed E-state index contributed by atoms with van der Waals surface area (Å²) in [5.41, 5.74) is 6.74. The lowest BCUT2D eigenvalue weighted by molar-refractivity contribution is 0.247. The molecule has 76 valence electrons. The summed E-state index contributed by atoms with van der Waals surface area (Å²) in [4.78, 5) is 10.7. The fourth-order valence-electron chi connectivity index (χ4n) is 1.99. The highest BCUT2D eigenvalue weighted by molar-refractivity contribution is 4.96. The smallest absolute Gasteiger partial charge is 0.0726 e. The molecule has 0 bridgehead atoms. The van der Waals surface area contributed by atoms with Gasteiger partial charge in [0.2, 0.25) is 0 Å². The van der Waals surface area contributed by atoms with Crippen molar-refractivity contribution in [2.24, 2.45) is 5.73 Å². The van der Waals surface area contributed by atoms with Crippen LogP contribution in [-0.4, -0.2) is 34.0 Å². The molecule has 1 fully saturated rings. The molecule has 1 aliphatic rings. The van der Waals surface area contributed by atoms with E-state index in [2.05, 4.69) is 14.9 Å². The van der Waals surface area contributed by atoms with Gasteiger partial charge in [0.05, 0.1) is 5.69 Å². The monoisotopic (exact) mass is 192 g/mol. The van der Waals surface area contributed by atoms with Gasteiger partial charge in [-0.15, -0.1) is 0 Å². The Labute approximate surface area is 84.2 Å². The molecule has 0 unspecified atom stereocenters. The van der Waals surface area contributed by atoms with Gasteiger partial charge in [-0.2, -0.15) is 0 Å². The minimum atomic E-state index is 0.539. The number of aromatic nitrogens is 2. The molecular weight excluding hydrogens is 176 g/mol. The third-order valence-electron chi connectivity index (χ3n) is 2.75. The minimum Gasteiger partial charge on any atom is -0.329 e. The van der Waals surface area contributed by atoms with E-state index in [1.54, 1.807) is 12.4 Å². The molecule has 0 radical (unpaired) electrons. The highest BCUT2D eigenvalue weighted by atomic mass is 15.2. The molecule has 14 heavy (non-hydrogen) atoms. The number of hydrogen-bond acceptors (Lipinski definition) is 4. The zero-order valence-corrected chi connectivity index (χ0v) is 8.26. The molecule has 0 aromatic carbocycles. The van der Waals surface area contributed by atoms with Crippen LogP contribution in [0, 0.1) is 0 Å². The van der Waals surface area contributed by atoms with Gasteiger partial charge in [-0.3, -0.25) is 14.9 Å². The highest BCUT2D eigenvalue weighted by Gasteiger charge is 2.23. The van der Waals surface area contributed by atoms with Crippen LogP contribution < -0.4 is 5.73 Å². The number of nitrogens with two attached hydrogens (primary N) is 1. The summed E-state index contributed by atoms with van der Waals surface area (Å²) in [5, 5.41) is 0. The molecule has 0 amide bonds. The van der Waals surface area contributed by atoms with Gasteiger partial charge < -0.3 is 5.73 Å². The van der Waals surface area contributed by atoms with E-state index in [0.717, 1.165) is 25.3 Å². The number of hydrogen-bond donors (Lipinski definition) is 1. The minimum absolute atomic E-state index is 0.539. The predicted octanol–water partition coefficient (Wildman–Crippen LogP) is 0.400. The second-order valence-electron chi connectivity index (χ2n) is 3.70. The van der Waals surface area contributed by atoms with Crippen LogP contribution in [0.4, 0.5) is 0 Å². The summed E-state index contributed by atoms with van der Waals surface area (Å²) in [7, 11) is 0. The maximum Gasteiger partial charge on any atom is 0.0726 e. The maximum atomic E-state index is 5.70. The zero-order chi connectivity index (χ0) is 9.80. The van der Waals surface area contributed by atoms with Crippen molar-refractivity contribution in [1.29, 1.82) is 0 Å². The molecule has 0 spiro atoms. The second-order valence-corrected chi connectivity index (χ2v) is 3.70. The fourth-order valence-corrected chi connectivity index (χ4v) is 1.99. The van der Waals surface area contributed by atoms with Crippen LogP contribution in [0.3, 0.4) is 0 Å². The third-order valence-corrected chi connectivity index (χ3v) is 2.75. The second kappa shape index (κ2) is 4.48. The molecule has 2 N–H and O–H groups in total. The largest absolute Gasteiger partial charge is 0.329 e. The Balaban J connectivity index is 1.97. The quantitative estimate of drug-likeness (QED) is 0.753. The van der Waals surface area contributed by atoms with Crippen molar-refractivity contribution in [2.75, 3.05) is 13.1 Å². The normalized spacial score (nSPS) is 22.8. The van der Waals surface area contributed by atoms with Gasteiger partial charge in [0, 0.05) is 37.7 Å². The Hall–Kier alpha value is -1.00. The van der Waals surface area contributed by atoms with Gasteiger partial charge in [-0.1, -0.05) is 0 Å². The van der Waals surface area contributed by atoms with Crippen molar-refractivity contribution in [3.05, 3.63) is 24.3 Å². The Morgan fingerprint density at radius 2 is 2.43 bits per heavy atom. The summed E-state index contributed by atoms with van der Waals surface area (Å²) in [5.74, 6) is 0. The number of nitrogens with zero attached hydrogens (tertiary/aromatic N) is 3. The molecule has 2 heterocycles. The van der Waals surface area contributed by atoms with Crippen LogP contribution in [0.2, 0.25) is 0 Å². The van der Waals surface area contributed by atoms with Crippen molar-refractivity contribution in [1.82, 2.24) is 14.9 Å². The molecule has 1 aliphatic heterocycles. The van der Waals surface area contributed by atoms with Crippen molar-refractivity contribution in [2.45, 2.75) is 25.4 Å². The van der Waals surface area contributed by atoms with E-state index < -0.39 is 0 Å². The van der Waals surface area contributed by atoms with E-state index in [4.69, 9.17) is 5.73 Å². The Kier molecular flexibility index (Phi) is 3.06. The summed E-state index contributed by atoms with van der Waals surface area (Å²) < 4.78 is 0. The van der Waals surface area contributed by atoms with Crippen LogP contribution >= 0.6 is 0 Å². The summed E-state index contributed by atoms with van der Waals surface area (Å²) in [6.45, 7) is 2.77. The van der Waals surface area contributed by atoms with Crippen molar-refractivity contribution in [3.63, 3.8) is 0 Å². The molecule has 2 rings (SSSR count). The van der Waals surface area contributed by atoms with Crippen molar-refractivity contribution < 1.29 is 0 Å². The van der Waals surface area contributed by atoms with E-state index in [1.165, 1.54) is 12.8 Å². The van der Waals surface area contributed by atoms with Gasteiger partial charge in [0.15, 0.2) is 0 Å². The average molecular weight is 192 g/mol. The number of likely N-dealkylation sites (tertiary alicyclic amines) is 1. The highest BCUT2D eigenvalue weighted by Crippen LogP contribution is 2.17. The lowest BCUT2D eigenvalue weighted by Gasteiger charge is -2.22. The van der Waals surface area contributed by atoms with E-state index in [0.29, 0.717) is 6.04 Å². The lowest BCUT2D eigenvalue weighted by Crippen LogP contribution is -2.35. The van der Waals surface area contributed by atoms with Gasteiger partial charge in [-0.25, -0.2) is 0 Å². The van der Waals surface area contributed by atoms with E-state index in [9.17, 15) is 0 Å². The van der Waals surface area contributed by atoms with Crippen molar-refractivity contribution in [3.8, 4) is 0 Å². The number of rotatable bonds is 3. The average Bonchev–Trinajstić information content (AvgIpc) is 2.67. The fraction of sp³-hybridized carbons (Fsp3) is 0.600. The third kappa shape index (κ3) is 2.08. The van der Waals surface area contributed by atoms with E-state index >= 15 is 0 Å². The lowest BCUT2D eigenvalue weighted by atomic mass is 10.2. The summed E-state index contributed by atoms with van der Waals surface area (Å²) in [6, 6.07) is 0.539. The summed E-state index contributed by atoms with van der Waals surface area (Å²) in [6.07, 6.45) is 7.74. The molecule has 1 aromatic rings. The van der Waals surface area contributed by atoms with Crippen LogP contribution in [0.5, 0.6) is 0 Å². The van der Waals surface area contributed by atoms with E-state index in [-0.39, 0.29) is 0 Å². The molecule has 0 aliphatic carbocycles. The van der Waals surface area contributed by atoms with Crippen LogP contribution in [0.1, 0.15) is 18.5 Å².